The first kappa shape index (κ1) is 24.6. The lowest BCUT2D eigenvalue weighted by Crippen LogP contribution is -2.29. The average molecular weight is 476 g/mol. The van der Waals surface area contributed by atoms with Gasteiger partial charge in [0.05, 0.1) is 13.0 Å². The SMILES string of the molecule is Cc1cccc(CN(C(=O)/C=C/c2ccccc2)c2ccc(CC(=O)NCc3cccnc3)cc2)c1. The fourth-order valence-corrected chi connectivity index (χ4v) is 3.86. The minimum atomic E-state index is -0.109. The third-order valence-electron chi connectivity index (χ3n) is 5.73. The zero-order chi connectivity index (χ0) is 25.2. The normalized spacial score (nSPS) is 10.8. The van der Waals surface area contributed by atoms with Crippen molar-refractivity contribution in [3.63, 3.8) is 0 Å². The number of benzene rings is 3. The molecule has 2 amide bonds. The van der Waals surface area contributed by atoms with E-state index >= 15 is 0 Å². The van der Waals surface area contributed by atoms with Crippen LogP contribution in [0.5, 0.6) is 0 Å². The van der Waals surface area contributed by atoms with Gasteiger partial charge in [-0.1, -0.05) is 78.4 Å². The zero-order valence-corrected chi connectivity index (χ0v) is 20.3. The largest absolute Gasteiger partial charge is 0.352 e. The van der Waals surface area contributed by atoms with Crippen LogP contribution in [0.2, 0.25) is 0 Å². The van der Waals surface area contributed by atoms with Crippen molar-refractivity contribution in [1.29, 1.82) is 0 Å². The number of nitrogens with zero attached hydrogens (tertiary/aromatic N) is 2. The first-order valence-electron chi connectivity index (χ1n) is 11.9. The fraction of sp³-hybridized carbons (Fsp3) is 0.129. The Morgan fingerprint density at radius 2 is 1.64 bits per heavy atom. The number of carbonyl (C=O) groups excluding carboxylic acids is 2. The smallest absolute Gasteiger partial charge is 0.251 e. The number of aryl methyl sites for hydroxylation is 1. The highest BCUT2D eigenvalue weighted by Crippen LogP contribution is 2.20. The van der Waals surface area contributed by atoms with E-state index in [2.05, 4.69) is 16.4 Å². The predicted octanol–water partition coefficient (Wildman–Crippen LogP) is 5.50. The van der Waals surface area contributed by atoms with Gasteiger partial charge in [0.1, 0.15) is 0 Å². The van der Waals surface area contributed by atoms with Gasteiger partial charge in [-0.05, 0) is 53.5 Å². The van der Waals surface area contributed by atoms with Gasteiger partial charge in [-0.25, -0.2) is 0 Å². The molecule has 4 rings (SSSR count). The third kappa shape index (κ3) is 7.24. The van der Waals surface area contributed by atoms with Crippen LogP contribution in [-0.2, 0) is 29.1 Å². The van der Waals surface area contributed by atoms with Crippen LogP contribution >= 0.6 is 0 Å². The summed E-state index contributed by atoms with van der Waals surface area (Å²) in [7, 11) is 0. The van der Waals surface area contributed by atoms with Crippen LogP contribution < -0.4 is 10.2 Å². The molecule has 1 aromatic heterocycles. The average Bonchev–Trinajstić information content (AvgIpc) is 2.91. The molecule has 0 spiro atoms. The van der Waals surface area contributed by atoms with E-state index in [-0.39, 0.29) is 18.2 Å². The quantitative estimate of drug-likeness (QED) is 0.325. The van der Waals surface area contributed by atoms with Gasteiger partial charge >= 0.3 is 0 Å². The van der Waals surface area contributed by atoms with Gasteiger partial charge in [0.25, 0.3) is 5.91 Å². The Balaban J connectivity index is 1.47. The van der Waals surface area contributed by atoms with Crippen LogP contribution in [0, 0.1) is 6.92 Å². The standard InChI is InChI=1S/C31H29N3O2/c1-24-7-5-10-27(19-24)23-34(31(36)17-14-25-8-3-2-4-9-25)29-15-12-26(13-16-29)20-30(35)33-22-28-11-6-18-32-21-28/h2-19,21H,20,22-23H2,1H3,(H,33,35)/b17-14+. The summed E-state index contributed by atoms with van der Waals surface area (Å²) in [5, 5.41) is 2.92. The fourth-order valence-electron chi connectivity index (χ4n) is 3.86. The van der Waals surface area contributed by atoms with Crippen molar-refractivity contribution < 1.29 is 9.59 Å². The maximum absolute atomic E-state index is 13.3. The first-order chi connectivity index (χ1) is 17.6. The number of anilines is 1. The summed E-state index contributed by atoms with van der Waals surface area (Å²) in [4.78, 5) is 31.5. The molecule has 180 valence electrons. The summed E-state index contributed by atoms with van der Waals surface area (Å²) in [5.74, 6) is -0.174. The number of hydrogen-bond donors (Lipinski definition) is 1. The molecule has 0 fully saturated rings. The van der Waals surface area contributed by atoms with Gasteiger partial charge in [-0.3, -0.25) is 14.6 Å². The maximum Gasteiger partial charge on any atom is 0.251 e. The summed E-state index contributed by atoms with van der Waals surface area (Å²) in [6, 6.07) is 29.3. The highest BCUT2D eigenvalue weighted by atomic mass is 16.2. The molecule has 0 aliphatic heterocycles. The Morgan fingerprint density at radius 3 is 2.36 bits per heavy atom. The van der Waals surface area contributed by atoms with Crippen LogP contribution in [-0.4, -0.2) is 16.8 Å². The van der Waals surface area contributed by atoms with Gasteiger partial charge in [0, 0.05) is 30.7 Å². The van der Waals surface area contributed by atoms with Crippen LogP contribution in [0.15, 0.2) is 109 Å². The van der Waals surface area contributed by atoms with Crippen molar-refractivity contribution >= 4 is 23.6 Å². The molecule has 0 unspecified atom stereocenters. The van der Waals surface area contributed by atoms with E-state index in [1.54, 1.807) is 23.4 Å². The summed E-state index contributed by atoms with van der Waals surface area (Å²) in [6.07, 6.45) is 7.14. The second-order valence-corrected chi connectivity index (χ2v) is 8.64. The van der Waals surface area contributed by atoms with Crippen LogP contribution in [0.3, 0.4) is 0 Å². The molecular weight excluding hydrogens is 446 g/mol. The Bertz CT molecular complexity index is 1320. The summed E-state index contributed by atoms with van der Waals surface area (Å²) in [6.45, 7) is 2.93. The molecule has 4 aromatic rings. The van der Waals surface area contributed by atoms with Gasteiger partial charge in [-0.15, -0.1) is 0 Å². The number of nitrogens with one attached hydrogen (secondary N) is 1. The van der Waals surface area contributed by atoms with E-state index in [9.17, 15) is 9.59 Å². The van der Waals surface area contributed by atoms with Gasteiger partial charge < -0.3 is 10.2 Å². The van der Waals surface area contributed by atoms with Gasteiger partial charge in [0.15, 0.2) is 0 Å². The molecule has 3 aromatic carbocycles. The highest BCUT2D eigenvalue weighted by Gasteiger charge is 2.15. The number of hydrogen-bond acceptors (Lipinski definition) is 3. The second kappa shape index (κ2) is 12.3. The molecule has 0 aliphatic rings. The molecule has 36 heavy (non-hydrogen) atoms. The molecule has 5 heteroatoms. The molecule has 1 heterocycles. The Morgan fingerprint density at radius 1 is 0.861 bits per heavy atom. The number of rotatable bonds is 9. The topological polar surface area (TPSA) is 62.3 Å². The van der Waals surface area contributed by atoms with Crippen molar-refractivity contribution in [3.05, 3.63) is 137 Å². The molecule has 0 atom stereocenters. The molecule has 5 nitrogen and oxygen atoms in total. The van der Waals surface area contributed by atoms with Crippen molar-refractivity contribution in [1.82, 2.24) is 10.3 Å². The van der Waals surface area contributed by atoms with Crippen LogP contribution in [0.4, 0.5) is 5.69 Å². The summed E-state index contributed by atoms with van der Waals surface area (Å²) < 4.78 is 0. The van der Waals surface area contributed by atoms with E-state index in [0.717, 1.165) is 33.5 Å². The summed E-state index contributed by atoms with van der Waals surface area (Å²) >= 11 is 0. The minimum absolute atomic E-state index is 0.0647. The minimum Gasteiger partial charge on any atom is -0.352 e. The van der Waals surface area contributed by atoms with E-state index in [0.29, 0.717) is 13.1 Å². The van der Waals surface area contributed by atoms with Crippen molar-refractivity contribution in [2.45, 2.75) is 26.4 Å². The summed E-state index contributed by atoms with van der Waals surface area (Å²) in [5.41, 5.74) is 5.77. The van der Waals surface area contributed by atoms with Crippen molar-refractivity contribution in [2.24, 2.45) is 0 Å². The molecule has 0 aliphatic carbocycles. The van der Waals surface area contributed by atoms with E-state index < -0.39 is 0 Å². The lowest BCUT2D eigenvalue weighted by atomic mass is 10.1. The number of pyridine rings is 1. The molecule has 0 bridgehead atoms. The molecule has 0 saturated heterocycles. The molecular formula is C31H29N3O2. The Labute approximate surface area is 212 Å². The van der Waals surface area contributed by atoms with E-state index in [4.69, 9.17) is 0 Å². The second-order valence-electron chi connectivity index (χ2n) is 8.64. The number of amides is 2. The van der Waals surface area contributed by atoms with Crippen LogP contribution in [0.25, 0.3) is 6.08 Å². The van der Waals surface area contributed by atoms with Gasteiger partial charge in [0.2, 0.25) is 5.91 Å². The molecule has 0 radical (unpaired) electrons. The first-order valence-corrected chi connectivity index (χ1v) is 11.9. The number of aromatic nitrogens is 1. The zero-order valence-electron chi connectivity index (χ0n) is 20.3. The Hall–Kier alpha value is -4.51. The Kier molecular flexibility index (Phi) is 8.39. The van der Waals surface area contributed by atoms with Crippen molar-refractivity contribution in [2.75, 3.05) is 4.90 Å². The lowest BCUT2D eigenvalue weighted by Gasteiger charge is -2.22. The molecule has 1 N–H and O–H groups in total. The third-order valence-corrected chi connectivity index (χ3v) is 5.73. The van der Waals surface area contributed by atoms with Crippen molar-refractivity contribution in [3.8, 4) is 0 Å². The predicted molar refractivity (Wildman–Crippen MR) is 144 cm³/mol. The lowest BCUT2D eigenvalue weighted by molar-refractivity contribution is -0.120. The highest BCUT2D eigenvalue weighted by molar-refractivity contribution is 6.03. The van der Waals surface area contributed by atoms with Gasteiger partial charge in [-0.2, -0.15) is 0 Å². The van der Waals surface area contributed by atoms with E-state index in [1.165, 1.54) is 0 Å². The molecule has 0 saturated carbocycles. The maximum atomic E-state index is 13.3. The monoisotopic (exact) mass is 475 g/mol. The van der Waals surface area contributed by atoms with Crippen LogP contribution in [0.1, 0.15) is 27.8 Å². The number of carbonyl (C=O) groups is 2. The van der Waals surface area contributed by atoms with E-state index in [1.807, 2.05) is 97.9 Å².